The molecule has 0 unspecified atom stereocenters. The van der Waals surface area contributed by atoms with Crippen LogP contribution in [0.15, 0.2) is 35.1 Å². The van der Waals surface area contributed by atoms with E-state index in [1.807, 2.05) is 34.3 Å². The maximum Gasteiger partial charge on any atom is 0.268 e. The van der Waals surface area contributed by atoms with Gasteiger partial charge in [-0.15, -0.1) is 0 Å². The Bertz CT molecular complexity index is 538. The van der Waals surface area contributed by atoms with Crippen LogP contribution in [0, 0.1) is 0 Å². The fourth-order valence-electron chi connectivity index (χ4n) is 2.05. The van der Waals surface area contributed by atoms with Gasteiger partial charge in [-0.3, -0.25) is 4.79 Å². The molecule has 0 spiro atoms. The zero-order chi connectivity index (χ0) is 10.3. The Morgan fingerprint density at radius 3 is 2.67 bits per heavy atom. The quantitative estimate of drug-likeness (QED) is 0.719. The molecule has 0 N–H and O–H groups in total. The van der Waals surface area contributed by atoms with Crippen molar-refractivity contribution in [3.05, 3.63) is 51.1 Å². The maximum atomic E-state index is 12.0. The predicted molar refractivity (Wildman–Crippen MR) is 61.9 cm³/mol. The molecule has 0 saturated carbocycles. The molecule has 1 aliphatic carbocycles. The first-order chi connectivity index (χ1) is 7.36. The normalized spacial score (nSPS) is 14.1. The van der Waals surface area contributed by atoms with Gasteiger partial charge in [0.2, 0.25) is 0 Å². The van der Waals surface area contributed by atoms with Crippen LogP contribution in [0.25, 0.3) is 5.69 Å². The van der Waals surface area contributed by atoms with Crippen molar-refractivity contribution in [2.45, 2.75) is 19.3 Å². The molecule has 0 fully saturated rings. The molecule has 15 heavy (non-hydrogen) atoms. The van der Waals surface area contributed by atoms with Crippen molar-refractivity contribution in [1.82, 2.24) is 3.96 Å². The number of para-hydroxylation sites is 1. The van der Waals surface area contributed by atoms with Crippen molar-refractivity contribution < 1.29 is 0 Å². The molecular formula is C12H11NOS. The smallest absolute Gasteiger partial charge is 0.268 e. The molecule has 0 radical (unpaired) electrons. The van der Waals surface area contributed by atoms with Gasteiger partial charge in [0, 0.05) is 10.4 Å². The highest BCUT2D eigenvalue weighted by Crippen LogP contribution is 2.25. The molecule has 1 heterocycles. The molecule has 2 aromatic rings. The van der Waals surface area contributed by atoms with Crippen LogP contribution in [0.2, 0.25) is 0 Å². The van der Waals surface area contributed by atoms with Crippen molar-refractivity contribution in [2.75, 3.05) is 0 Å². The monoisotopic (exact) mass is 217 g/mol. The van der Waals surface area contributed by atoms with Gasteiger partial charge >= 0.3 is 0 Å². The van der Waals surface area contributed by atoms with E-state index in [9.17, 15) is 4.79 Å². The Labute approximate surface area is 92.0 Å². The summed E-state index contributed by atoms with van der Waals surface area (Å²) in [6.07, 6.45) is 3.19. The van der Waals surface area contributed by atoms with Crippen LogP contribution in [-0.4, -0.2) is 3.96 Å². The number of rotatable bonds is 1. The van der Waals surface area contributed by atoms with E-state index in [1.54, 1.807) is 11.5 Å². The van der Waals surface area contributed by atoms with Crippen LogP contribution in [0.4, 0.5) is 0 Å². The third kappa shape index (κ3) is 1.35. The topological polar surface area (TPSA) is 22.0 Å². The highest BCUT2D eigenvalue weighted by molar-refractivity contribution is 7.07. The Morgan fingerprint density at radius 2 is 1.93 bits per heavy atom. The lowest BCUT2D eigenvalue weighted by Gasteiger charge is -1.99. The van der Waals surface area contributed by atoms with Crippen LogP contribution in [0.1, 0.15) is 16.9 Å². The van der Waals surface area contributed by atoms with Crippen molar-refractivity contribution in [1.29, 1.82) is 0 Å². The highest BCUT2D eigenvalue weighted by atomic mass is 32.1. The lowest BCUT2D eigenvalue weighted by Crippen LogP contribution is -2.14. The summed E-state index contributed by atoms with van der Waals surface area (Å²) in [5.74, 6) is 0. The summed E-state index contributed by atoms with van der Waals surface area (Å²) in [7, 11) is 0. The number of hydrogen-bond acceptors (Lipinski definition) is 2. The van der Waals surface area contributed by atoms with E-state index < -0.39 is 0 Å². The van der Waals surface area contributed by atoms with Crippen LogP contribution in [0.5, 0.6) is 0 Å². The minimum absolute atomic E-state index is 0.193. The van der Waals surface area contributed by atoms with Crippen molar-refractivity contribution in [3.8, 4) is 5.69 Å². The van der Waals surface area contributed by atoms with Gasteiger partial charge < -0.3 is 0 Å². The highest BCUT2D eigenvalue weighted by Gasteiger charge is 2.20. The van der Waals surface area contributed by atoms with Gasteiger partial charge in [0.05, 0.1) is 5.69 Å². The number of nitrogens with zero attached hydrogens (tertiary/aromatic N) is 1. The standard InChI is InChI=1S/C12H11NOS/c14-12-10-7-4-8-11(10)15-13(12)9-5-2-1-3-6-9/h1-3,5-6H,4,7-8H2. The lowest BCUT2D eigenvalue weighted by atomic mass is 10.3. The SMILES string of the molecule is O=c1c2c(sn1-c1ccccc1)CCC2. The molecule has 0 saturated heterocycles. The van der Waals surface area contributed by atoms with E-state index in [-0.39, 0.29) is 5.56 Å². The molecular weight excluding hydrogens is 206 g/mol. The molecule has 76 valence electrons. The largest absolute Gasteiger partial charge is 0.268 e. The Morgan fingerprint density at radius 1 is 1.13 bits per heavy atom. The molecule has 1 aromatic carbocycles. The van der Waals surface area contributed by atoms with E-state index in [1.165, 1.54) is 4.88 Å². The van der Waals surface area contributed by atoms with Crippen LogP contribution >= 0.6 is 11.5 Å². The predicted octanol–water partition coefficient (Wildman–Crippen LogP) is 2.39. The maximum absolute atomic E-state index is 12.0. The first-order valence-corrected chi connectivity index (χ1v) is 5.93. The van der Waals surface area contributed by atoms with Crippen LogP contribution < -0.4 is 5.56 Å². The third-order valence-corrected chi connectivity index (χ3v) is 4.03. The van der Waals surface area contributed by atoms with Crippen molar-refractivity contribution in [2.24, 2.45) is 0 Å². The molecule has 3 rings (SSSR count). The third-order valence-electron chi connectivity index (χ3n) is 2.80. The minimum Gasteiger partial charge on any atom is -0.268 e. The zero-order valence-electron chi connectivity index (χ0n) is 8.27. The minimum atomic E-state index is 0.193. The fraction of sp³-hybridized carbons (Fsp3) is 0.250. The van der Waals surface area contributed by atoms with Gasteiger partial charge in [0.1, 0.15) is 0 Å². The Hall–Kier alpha value is -1.35. The van der Waals surface area contributed by atoms with Crippen LogP contribution in [0.3, 0.4) is 0 Å². The second-order valence-corrected chi connectivity index (χ2v) is 4.82. The number of fused-ring (bicyclic) bond motifs is 1. The first-order valence-electron chi connectivity index (χ1n) is 5.16. The van der Waals surface area contributed by atoms with Gasteiger partial charge in [0.15, 0.2) is 0 Å². The summed E-state index contributed by atoms with van der Waals surface area (Å²) in [6.45, 7) is 0. The summed E-state index contributed by atoms with van der Waals surface area (Å²) >= 11 is 1.61. The number of benzene rings is 1. The van der Waals surface area contributed by atoms with Gasteiger partial charge in [0.25, 0.3) is 5.56 Å². The van der Waals surface area contributed by atoms with Gasteiger partial charge in [-0.1, -0.05) is 29.7 Å². The molecule has 0 atom stereocenters. The average Bonchev–Trinajstić information content (AvgIpc) is 2.83. The van der Waals surface area contributed by atoms with E-state index in [0.717, 1.165) is 30.5 Å². The van der Waals surface area contributed by atoms with E-state index in [0.29, 0.717) is 0 Å². The average molecular weight is 217 g/mol. The van der Waals surface area contributed by atoms with Gasteiger partial charge in [-0.05, 0) is 31.4 Å². The molecule has 1 aliphatic rings. The zero-order valence-corrected chi connectivity index (χ0v) is 9.09. The molecule has 1 aromatic heterocycles. The summed E-state index contributed by atoms with van der Waals surface area (Å²) in [5.41, 5.74) is 2.23. The number of aromatic nitrogens is 1. The Kier molecular flexibility index (Phi) is 1.99. The summed E-state index contributed by atoms with van der Waals surface area (Å²) < 4.78 is 1.81. The van der Waals surface area contributed by atoms with Crippen molar-refractivity contribution >= 4 is 11.5 Å². The first kappa shape index (κ1) is 8.92. The number of aryl methyl sites for hydroxylation is 1. The van der Waals surface area contributed by atoms with Crippen molar-refractivity contribution in [3.63, 3.8) is 0 Å². The molecule has 0 amide bonds. The lowest BCUT2D eigenvalue weighted by molar-refractivity contribution is 0.900. The summed E-state index contributed by atoms with van der Waals surface area (Å²) in [6, 6.07) is 9.86. The fourth-order valence-corrected chi connectivity index (χ4v) is 3.23. The second kappa shape index (κ2) is 3.35. The molecule has 0 bridgehead atoms. The van der Waals surface area contributed by atoms with E-state index in [2.05, 4.69) is 0 Å². The Balaban J connectivity index is 2.19. The second-order valence-electron chi connectivity index (χ2n) is 3.78. The van der Waals surface area contributed by atoms with Gasteiger partial charge in [-0.2, -0.15) is 0 Å². The molecule has 0 aliphatic heterocycles. The molecule has 3 heteroatoms. The van der Waals surface area contributed by atoms with Gasteiger partial charge in [-0.25, -0.2) is 3.96 Å². The molecule has 2 nitrogen and oxygen atoms in total. The summed E-state index contributed by atoms with van der Waals surface area (Å²) in [4.78, 5) is 13.3. The number of hydrogen-bond donors (Lipinski definition) is 0. The van der Waals surface area contributed by atoms with Crippen LogP contribution in [-0.2, 0) is 12.8 Å². The van der Waals surface area contributed by atoms with E-state index >= 15 is 0 Å². The van der Waals surface area contributed by atoms with E-state index in [4.69, 9.17) is 0 Å². The summed E-state index contributed by atoms with van der Waals surface area (Å²) in [5, 5.41) is 0.